The molecule has 408 valence electrons. The van der Waals surface area contributed by atoms with E-state index in [0.717, 1.165) is 105 Å². The van der Waals surface area contributed by atoms with E-state index in [4.69, 9.17) is 15.0 Å². The SMILES string of the molecule is Cc1cc(-c2nc(-c3cc(C(C)(C)C)cc(C(C)(C)C)c3)nc(-c3ccc(-n4c5ccc(C#N)cc5c5cc(C#N)ccc54)c(-c4ccc(-c5ccc(C#N)cc5)cc4-n4c5ccc(C#N)cc5c5cc(C#N)ccc54)c3)n2)cc(C(C)(C)C)c1. The minimum Gasteiger partial charge on any atom is -0.309 e. The number of benzene rings is 9. The van der Waals surface area contributed by atoms with Gasteiger partial charge in [-0.1, -0.05) is 104 Å². The van der Waals surface area contributed by atoms with Crippen LogP contribution in [0.3, 0.4) is 0 Å². The molecule has 0 saturated heterocycles. The fourth-order valence-electron chi connectivity index (χ4n) is 11.5. The Labute approximate surface area is 495 Å². The molecular weight excluding hydrogens is 1040 g/mol. The first-order valence-electron chi connectivity index (χ1n) is 28.3. The van der Waals surface area contributed by atoms with Crippen molar-refractivity contribution in [3.05, 3.63) is 220 Å². The Bertz CT molecular complexity index is 4840. The standard InChI is InChI=1S/C75H58N10/c1-44-27-53(33-55(28-44)73(2,3)4)71-81-70(82-72(83-71)54-34-56(74(5,6)7)38-57(35-54)75(8,9)10)52-20-26-68(84-64-22-13-46(40-77)29-59(64)60-30-47(41-78)14-23-65(60)84)63(36-52)58-21-19-51(50-17-11-45(39-76)12-18-50)37-69(58)85-66-24-15-48(42-79)31-61(66)62-32-49(43-80)16-25-67(62)85/h11-38H,1-10H3. The Balaban J connectivity index is 1.22. The molecule has 12 aromatic rings. The fourth-order valence-corrected chi connectivity index (χ4v) is 11.5. The van der Waals surface area contributed by atoms with E-state index in [1.807, 2.05) is 97.1 Å². The Morgan fingerprint density at radius 3 is 1.09 bits per heavy atom. The maximum Gasteiger partial charge on any atom is 0.164 e. The van der Waals surface area contributed by atoms with Crippen LogP contribution in [-0.4, -0.2) is 24.1 Å². The zero-order valence-corrected chi connectivity index (χ0v) is 49.1. The third-order valence-corrected chi connectivity index (χ3v) is 16.2. The van der Waals surface area contributed by atoms with Gasteiger partial charge < -0.3 is 9.13 Å². The molecule has 85 heavy (non-hydrogen) atoms. The van der Waals surface area contributed by atoms with Gasteiger partial charge in [0.15, 0.2) is 17.5 Å². The van der Waals surface area contributed by atoms with Crippen molar-refractivity contribution in [2.24, 2.45) is 0 Å². The van der Waals surface area contributed by atoms with Crippen molar-refractivity contribution < 1.29 is 0 Å². The first-order chi connectivity index (χ1) is 40.6. The summed E-state index contributed by atoms with van der Waals surface area (Å²) in [6, 6.07) is 67.8. The second-order valence-corrected chi connectivity index (χ2v) is 25.1. The van der Waals surface area contributed by atoms with Crippen LogP contribution in [0.15, 0.2) is 170 Å². The lowest BCUT2D eigenvalue weighted by Crippen LogP contribution is -2.17. The first kappa shape index (κ1) is 54.6. The minimum atomic E-state index is -0.184. The van der Waals surface area contributed by atoms with Crippen LogP contribution in [0.5, 0.6) is 0 Å². The van der Waals surface area contributed by atoms with Crippen molar-refractivity contribution in [3.8, 4) is 98.1 Å². The highest BCUT2D eigenvalue weighted by atomic mass is 15.0. The molecule has 0 N–H and O–H groups in total. The van der Waals surface area contributed by atoms with Crippen molar-refractivity contribution in [3.63, 3.8) is 0 Å². The molecule has 10 nitrogen and oxygen atoms in total. The summed E-state index contributed by atoms with van der Waals surface area (Å²) in [4.78, 5) is 16.3. The predicted octanol–water partition coefficient (Wildman–Crippen LogP) is 18.0. The van der Waals surface area contributed by atoms with E-state index >= 15 is 0 Å². The van der Waals surface area contributed by atoms with Gasteiger partial charge in [-0.15, -0.1) is 0 Å². The molecule has 9 aromatic carbocycles. The maximum atomic E-state index is 10.3. The number of rotatable bonds is 7. The highest BCUT2D eigenvalue weighted by Gasteiger charge is 2.27. The van der Waals surface area contributed by atoms with Crippen LogP contribution >= 0.6 is 0 Å². The lowest BCUT2D eigenvalue weighted by molar-refractivity contribution is 0.569. The number of aryl methyl sites for hydroxylation is 1. The smallest absolute Gasteiger partial charge is 0.164 e. The normalized spacial score (nSPS) is 11.8. The van der Waals surface area contributed by atoms with Gasteiger partial charge in [0.1, 0.15) is 0 Å². The van der Waals surface area contributed by atoms with E-state index in [0.29, 0.717) is 45.3 Å². The topological polar surface area (TPSA) is 167 Å². The van der Waals surface area contributed by atoms with Crippen LogP contribution in [0.2, 0.25) is 0 Å². The Morgan fingerprint density at radius 1 is 0.306 bits per heavy atom. The molecule has 0 aliphatic heterocycles. The highest BCUT2D eigenvalue weighted by molar-refractivity contribution is 6.12. The van der Waals surface area contributed by atoms with Crippen molar-refractivity contribution in [1.82, 2.24) is 24.1 Å². The highest BCUT2D eigenvalue weighted by Crippen LogP contribution is 2.45. The van der Waals surface area contributed by atoms with Crippen molar-refractivity contribution in [2.45, 2.75) is 85.5 Å². The van der Waals surface area contributed by atoms with Crippen LogP contribution in [0.25, 0.3) is 111 Å². The molecule has 0 spiro atoms. The molecule has 0 aliphatic carbocycles. The van der Waals surface area contributed by atoms with Crippen LogP contribution in [0, 0.1) is 63.6 Å². The Morgan fingerprint density at radius 2 is 0.671 bits per heavy atom. The molecule has 3 aromatic heterocycles. The molecule has 12 rings (SSSR count). The van der Waals surface area contributed by atoms with Gasteiger partial charge in [0.2, 0.25) is 0 Å². The predicted molar refractivity (Wildman–Crippen MR) is 340 cm³/mol. The quantitative estimate of drug-likeness (QED) is 0.152. The average Bonchev–Trinajstić information content (AvgIpc) is 1.72. The Hall–Kier alpha value is -11.0. The van der Waals surface area contributed by atoms with Gasteiger partial charge in [0, 0.05) is 49.4 Å². The lowest BCUT2D eigenvalue weighted by atomic mass is 9.79. The molecule has 0 atom stereocenters. The summed E-state index contributed by atoms with van der Waals surface area (Å²) in [6.07, 6.45) is 0. The van der Waals surface area contributed by atoms with Crippen molar-refractivity contribution >= 4 is 43.6 Å². The number of nitrogens with zero attached hydrogens (tertiary/aromatic N) is 10. The molecule has 0 saturated carbocycles. The van der Waals surface area contributed by atoms with Crippen LogP contribution in [0.4, 0.5) is 0 Å². The van der Waals surface area contributed by atoms with Gasteiger partial charge in [-0.2, -0.15) is 26.3 Å². The summed E-state index contributed by atoms with van der Waals surface area (Å²) in [5.74, 6) is 1.54. The molecule has 0 radical (unpaired) electrons. The minimum absolute atomic E-state index is 0.161. The van der Waals surface area contributed by atoms with Gasteiger partial charge in [0.05, 0.1) is 91.6 Å². The van der Waals surface area contributed by atoms with Gasteiger partial charge in [-0.05, 0) is 184 Å². The van der Waals surface area contributed by atoms with E-state index in [2.05, 4.69) is 182 Å². The van der Waals surface area contributed by atoms with Crippen molar-refractivity contribution in [2.75, 3.05) is 0 Å². The van der Waals surface area contributed by atoms with Crippen LogP contribution in [0.1, 0.15) is 112 Å². The number of aromatic nitrogens is 5. The van der Waals surface area contributed by atoms with Gasteiger partial charge in [0.25, 0.3) is 0 Å². The molecule has 10 heteroatoms. The molecule has 0 unspecified atom stereocenters. The molecule has 3 heterocycles. The molecule has 0 aliphatic rings. The summed E-state index contributed by atoms with van der Waals surface area (Å²) in [5.41, 5.74) is 17.3. The second-order valence-electron chi connectivity index (χ2n) is 25.1. The second kappa shape index (κ2) is 20.5. The number of nitriles is 5. The zero-order valence-electron chi connectivity index (χ0n) is 49.1. The third kappa shape index (κ3) is 9.89. The zero-order chi connectivity index (χ0) is 59.9. The number of fused-ring (bicyclic) bond motifs is 6. The molecule has 0 bridgehead atoms. The van der Waals surface area contributed by atoms with Gasteiger partial charge in [-0.3, -0.25) is 0 Å². The number of hydrogen-bond donors (Lipinski definition) is 0. The van der Waals surface area contributed by atoms with E-state index < -0.39 is 0 Å². The summed E-state index contributed by atoms with van der Waals surface area (Å²) < 4.78 is 4.40. The largest absolute Gasteiger partial charge is 0.309 e. The van der Waals surface area contributed by atoms with Crippen molar-refractivity contribution in [1.29, 1.82) is 26.3 Å². The van der Waals surface area contributed by atoms with E-state index in [9.17, 15) is 26.3 Å². The summed E-state index contributed by atoms with van der Waals surface area (Å²) in [7, 11) is 0. The molecule has 0 fully saturated rings. The maximum absolute atomic E-state index is 10.3. The van der Waals surface area contributed by atoms with Gasteiger partial charge in [-0.25, -0.2) is 15.0 Å². The fraction of sp³-hybridized carbons (Fsp3) is 0.173. The summed E-state index contributed by atoms with van der Waals surface area (Å²) in [5, 5.41) is 54.1. The van der Waals surface area contributed by atoms with Gasteiger partial charge >= 0.3 is 0 Å². The van der Waals surface area contributed by atoms with E-state index in [1.165, 1.54) is 11.1 Å². The number of hydrogen-bond acceptors (Lipinski definition) is 8. The van der Waals surface area contributed by atoms with E-state index in [1.54, 1.807) is 0 Å². The van der Waals surface area contributed by atoms with Crippen LogP contribution in [-0.2, 0) is 16.2 Å². The molecular formula is C75H58N10. The Kier molecular flexibility index (Phi) is 13.2. The first-order valence-corrected chi connectivity index (χ1v) is 28.3. The summed E-state index contributed by atoms with van der Waals surface area (Å²) >= 11 is 0. The average molecular weight is 1100 g/mol. The van der Waals surface area contributed by atoms with E-state index in [-0.39, 0.29) is 16.2 Å². The monoisotopic (exact) mass is 1100 g/mol. The summed E-state index contributed by atoms with van der Waals surface area (Å²) in [6.45, 7) is 22.1. The van der Waals surface area contributed by atoms with Crippen LogP contribution < -0.4 is 0 Å². The third-order valence-electron chi connectivity index (χ3n) is 16.2. The lowest BCUT2D eigenvalue weighted by Gasteiger charge is -2.26. The molecule has 0 amide bonds.